The second kappa shape index (κ2) is 7.38. The lowest BCUT2D eigenvalue weighted by atomic mass is 9.84. The fraction of sp³-hybridized carbons (Fsp3) is 0.625. The summed E-state index contributed by atoms with van der Waals surface area (Å²) in [6.07, 6.45) is 6.68. The number of carbonyl (C=O) groups excluding carboxylic acids is 1. The van der Waals surface area contributed by atoms with Crippen LogP contribution in [0.25, 0.3) is 0 Å². The first-order chi connectivity index (χ1) is 10.1. The maximum absolute atomic E-state index is 13.4. The number of hydrogen-bond donors (Lipinski definition) is 2. The van der Waals surface area contributed by atoms with Crippen LogP contribution in [0.4, 0.5) is 10.2 Å². The number of pyridine rings is 1. The third-order valence-corrected chi connectivity index (χ3v) is 4.14. The lowest BCUT2D eigenvalue weighted by molar-refractivity contribution is 0.0919. The van der Waals surface area contributed by atoms with Gasteiger partial charge in [-0.25, -0.2) is 9.37 Å². The summed E-state index contributed by atoms with van der Waals surface area (Å²) < 4.78 is 13.4. The molecule has 0 aromatic carbocycles. The van der Waals surface area contributed by atoms with Crippen molar-refractivity contribution >= 4 is 11.7 Å². The number of nitrogens with zero attached hydrogens (tertiary/aromatic N) is 1. The van der Waals surface area contributed by atoms with Crippen molar-refractivity contribution in [3.8, 4) is 0 Å². The van der Waals surface area contributed by atoms with Gasteiger partial charge in [-0.1, -0.05) is 26.2 Å². The van der Waals surface area contributed by atoms with Crippen LogP contribution >= 0.6 is 0 Å². The molecule has 1 amide bonds. The second-order valence-electron chi connectivity index (χ2n) is 5.69. The van der Waals surface area contributed by atoms with Gasteiger partial charge in [-0.15, -0.1) is 0 Å². The molecule has 1 aliphatic rings. The van der Waals surface area contributed by atoms with Gasteiger partial charge in [-0.2, -0.15) is 0 Å². The third-order valence-electron chi connectivity index (χ3n) is 4.14. The number of aromatic nitrogens is 1. The molecule has 5 heteroatoms. The molecule has 21 heavy (non-hydrogen) atoms. The molecule has 2 N–H and O–H groups in total. The van der Waals surface area contributed by atoms with Crippen molar-refractivity contribution in [3.05, 3.63) is 23.6 Å². The predicted molar refractivity (Wildman–Crippen MR) is 81.9 cm³/mol. The Hall–Kier alpha value is -1.65. The van der Waals surface area contributed by atoms with Gasteiger partial charge in [-0.05, 0) is 31.7 Å². The largest absolute Gasteiger partial charge is 0.370 e. The van der Waals surface area contributed by atoms with E-state index in [0.29, 0.717) is 18.3 Å². The average molecular weight is 293 g/mol. The molecule has 1 aromatic rings. The van der Waals surface area contributed by atoms with Crippen molar-refractivity contribution in [1.29, 1.82) is 0 Å². The molecule has 0 spiro atoms. The maximum Gasteiger partial charge on any atom is 0.255 e. The number of hydrogen-bond acceptors (Lipinski definition) is 3. The van der Waals surface area contributed by atoms with Crippen molar-refractivity contribution in [3.63, 3.8) is 0 Å². The smallest absolute Gasteiger partial charge is 0.255 e. The van der Waals surface area contributed by atoms with E-state index in [-0.39, 0.29) is 17.5 Å². The van der Waals surface area contributed by atoms with Gasteiger partial charge < -0.3 is 10.6 Å². The topological polar surface area (TPSA) is 54.0 Å². The highest BCUT2D eigenvalue weighted by Crippen LogP contribution is 2.27. The van der Waals surface area contributed by atoms with Crippen LogP contribution in [0.15, 0.2) is 12.3 Å². The Balaban J connectivity index is 2.07. The van der Waals surface area contributed by atoms with Crippen LogP contribution in [0.5, 0.6) is 0 Å². The highest BCUT2D eigenvalue weighted by atomic mass is 19.1. The van der Waals surface area contributed by atoms with Gasteiger partial charge in [0, 0.05) is 12.6 Å². The van der Waals surface area contributed by atoms with Crippen LogP contribution < -0.4 is 10.6 Å². The summed E-state index contributed by atoms with van der Waals surface area (Å²) in [5, 5.41) is 6.04. The molecule has 116 valence electrons. The van der Waals surface area contributed by atoms with Crippen molar-refractivity contribution in [1.82, 2.24) is 10.3 Å². The lowest BCUT2D eigenvalue weighted by Gasteiger charge is -2.29. The Morgan fingerprint density at radius 2 is 2.24 bits per heavy atom. The minimum absolute atomic E-state index is 0.189. The summed E-state index contributed by atoms with van der Waals surface area (Å²) in [5.41, 5.74) is 0.287. The number of nitrogens with one attached hydrogen (secondary N) is 2. The molecule has 1 saturated carbocycles. The van der Waals surface area contributed by atoms with Gasteiger partial charge in [0.15, 0.2) is 0 Å². The molecule has 0 saturated heterocycles. The van der Waals surface area contributed by atoms with Crippen LogP contribution in [0.3, 0.4) is 0 Å². The van der Waals surface area contributed by atoms with E-state index in [2.05, 4.69) is 22.5 Å². The number of amides is 1. The average Bonchev–Trinajstić information content (AvgIpc) is 2.49. The SMILES string of the molecule is CCNc1ncc(F)cc1C(=O)NC1CCCC(CC)C1. The fourth-order valence-electron chi connectivity index (χ4n) is 2.98. The standard InChI is InChI=1S/C16H24FN3O/c1-3-11-6-5-7-13(8-11)20-16(21)14-9-12(17)10-19-15(14)18-4-2/h9-11,13H,3-8H2,1-2H3,(H,18,19)(H,20,21). The zero-order valence-electron chi connectivity index (χ0n) is 12.8. The van der Waals surface area contributed by atoms with E-state index in [1.165, 1.54) is 12.5 Å². The first-order valence-electron chi connectivity index (χ1n) is 7.84. The molecule has 0 bridgehead atoms. The van der Waals surface area contributed by atoms with E-state index >= 15 is 0 Å². The minimum atomic E-state index is -0.489. The molecular formula is C16H24FN3O. The molecule has 0 aliphatic heterocycles. The molecule has 2 rings (SSSR count). The summed E-state index contributed by atoms with van der Waals surface area (Å²) in [6.45, 7) is 4.74. The third kappa shape index (κ3) is 4.16. The van der Waals surface area contributed by atoms with E-state index in [0.717, 1.165) is 31.9 Å². The van der Waals surface area contributed by atoms with E-state index in [4.69, 9.17) is 0 Å². The Labute approximate surface area is 125 Å². The summed E-state index contributed by atoms with van der Waals surface area (Å²) >= 11 is 0. The van der Waals surface area contributed by atoms with Crippen molar-refractivity contribution in [2.24, 2.45) is 5.92 Å². The summed E-state index contributed by atoms with van der Waals surface area (Å²) in [5.74, 6) is 0.402. The summed E-state index contributed by atoms with van der Waals surface area (Å²) in [6, 6.07) is 1.44. The molecule has 0 radical (unpaired) electrons. The molecule has 2 unspecified atom stereocenters. The van der Waals surface area contributed by atoms with Gasteiger partial charge in [0.1, 0.15) is 11.6 Å². The van der Waals surface area contributed by atoms with E-state index in [1.54, 1.807) is 0 Å². The van der Waals surface area contributed by atoms with E-state index in [9.17, 15) is 9.18 Å². The Bertz CT molecular complexity index is 492. The van der Waals surface area contributed by atoms with Crippen LogP contribution in [0.1, 0.15) is 56.3 Å². The lowest BCUT2D eigenvalue weighted by Crippen LogP contribution is -2.38. The maximum atomic E-state index is 13.4. The highest BCUT2D eigenvalue weighted by molar-refractivity contribution is 5.98. The zero-order valence-corrected chi connectivity index (χ0v) is 12.8. The molecule has 2 atom stereocenters. The summed E-state index contributed by atoms with van der Waals surface area (Å²) in [7, 11) is 0. The number of halogens is 1. The molecule has 4 nitrogen and oxygen atoms in total. The molecule has 1 aromatic heterocycles. The van der Waals surface area contributed by atoms with Gasteiger partial charge in [-0.3, -0.25) is 4.79 Å². The molecular weight excluding hydrogens is 269 g/mol. The number of anilines is 1. The van der Waals surface area contributed by atoms with Crippen molar-refractivity contribution in [2.45, 2.75) is 52.0 Å². The predicted octanol–water partition coefficient (Wildman–Crippen LogP) is 3.35. The minimum Gasteiger partial charge on any atom is -0.370 e. The number of carbonyl (C=O) groups is 1. The van der Waals surface area contributed by atoms with Gasteiger partial charge in [0.2, 0.25) is 0 Å². The van der Waals surface area contributed by atoms with Crippen LogP contribution in [0.2, 0.25) is 0 Å². The van der Waals surface area contributed by atoms with Crippen molar-refractivity contribution in [2.75, 3.05) is 11.9 Å². The highest BCUT2D eigenvalue weighted by Gasteiger charge is 2.23. The van der Waals surface area contributed by atoms with Gasteiger partial charge in [0.05, 0.1) is 11.8 Å². The van der Waals surface area contributed by atoms with Crippen LogP contribution in [-0.2, 0) is 0 Å². The first kappa shape index (κ1) is 15.7. The summed E-state index contributed by atoms with van der Waals surface area (Å²) in [4.78, 5) is 16.4. The number of rotatable bonds is 5. The Kier molecular flexibility index (Phi) is 5.53. The van der Waals surface area contributed by atoms with Gasteiger partial charge in [0.25, 0.3) is 5.91 Å². The Morgan fingerprint density at radius 1 is 1.43 bits per heavy atom. The van der Waals surface area contributed by atoms with Gasteiger partial charge >= 0.3 is 0 Å². The normalized spacial score (nSPS) is 21.9. The second-order valence-corrected chi connectivity index (χ2v) is 5.69. The van der Waals surface area contributed by atoms with Crippen LogP contribution in [0, 0.1) is 11.7 Å². The fourth-order valence-corrected chi connectivity index (χ4v) is 2.98. The molecule has 1 fully saturated rings. The van der Waals surface area contributed by atoms with Crippen LogP contribution in [-0.4, -0.2) is 23.5 Å². The Morgan fingerprint density at radius 3 is 2.95 bits per heavy atom. The van der Waals surface area contributed by atoms with E-state index in [1.807, 2.05) is 6.92 Å². The quantitative estimate of drug-likeness (QED) is 0.875. The molecule has 1 aliphatic carbocycles. The monoisotopic (exact) mass is 293 g/mol. The first-order valence-corrected chi connectivity index (χ1v) is 7.84. The molecule has 1 heterocycles. The van der Waals surface area contributed by atoms with Crippen molar-refractivity contribution < 1.29 is 9.18 Å². The van der Waals surface area contributed by atoms with E-state index < -0.39 is 5.82 Å². The zero-order chi connectivity index (χ0) is 15.2.